The summed E-state index contributed by atoms with van der Waals surface area (Å²) in [5, 5.41) is 3.27. The zero-order valence-electron chi connectivity index (χ0n) is 8.22. The molecule has 0 aliphatic heterocycles. The van der Waals surface area contributed by atoms with Crippen molar-refractivity contribution in [2.24, 2.45) is 0 Å². The van der Waals surface area contributed by atoms with Crippen LogP contribution in [0.1, 0.15) is 26.7 Å². The molecule has 1 saturated carbocycles. The summed E-state index contributed by atoms with van der Waals surface area (Å²) in [6, 6.07) is 0. The number of hydrogen-bond donors (Lipinski definition) is 1. The Morgan fingerprint density at radius 3 is 2.00 bits per heavy atom. The minimum Gasteiger partial charge on any atom is -0.351 e. The largest absolute Gasteiger partial charge is 0.351 e. The minimum atomic E-state index is -0.0579. The molecule has 1 rings (SSSR count). The number of hydrogen-bond acceptors (Lipinski definition) is 3. The van der Waals surface area contributed by atoms with Crippen LogP contribution in [0.5, 0.6) is 0 Å². The van der Waals surface area contributed by atoms with Gasteiger partial charge in [-0.3, -0.25) is 0 Å². The van der Waals surface area contributed by atoms with Crippen molar-refractivity contribution in [3.8, 4) is 0 Å². The molecule has 0 atom stereocenters. The van der Waals surface area contributed by atoms with E-state index in [1.54, 1.807) is 0 Å². The maximum absolute atomic E-state index is 5.52. The second kappa shape index (κ2) is 4.21. The SMILES string of the molecule is CCOC(OCC)C1(NC)CC1. The fraction of sp³-hybridized carbons (Fsp3) is 1.00. The number of nitrogens with one attached hydrogen (secondary N) is 1. The molecule has 0 aromatic heterocycles. The van der Waals surface area contributed by atoms with Gasteiger partial charge in [0.1, 0.15) is 0 Å². The van der Waals surface area contributed by atoms with Gasteiger partial charge in [-0.2, -0.15) is 0 Å². The molecule has 0 unspecified atom stereocenters. The fourth-order valence-electron chi connectivity index (χ4n) is 1.41. The molecule has 3 heteroatoms. The summed E-state index contributed by atoms with van der Waals surface area (Å²) in [5.74, 6) is 0. The summed E-state index contributed by atoms with van der Waals surface area (Å²) < 4.78 is 11.0. The molecule has 1 aliphatic carbocycles. The first-order chi connectivity index (χ1) is 5.79. The average Bonchev–Trinajstić information content (AvgIpc) is 2.85. The second-order valence-electron chi connectivity index (χ2n) is 3.15. The summed E-state index contributed by atoms with van der Waals surface area (Å²) >= 11 is 0. The van der Waals surface area contributed by atoms with E-state index in [2.05, 4.69) is 5.32 Å². The van der Waals surface area contributed by atoms with E-state index < -0.39 is 0 Å². The van der Waals surface area contributed by atoms with E-state index >= 15 is 0 Å². The standard InChI is InChI=1S/C9H19NO2/c1-4-11-8(12-5-2)9(10-3)6-7-9/h8,10H,4-7H2,1-3H3. The fourth-order valence-corrected chi connectivity index (χ4v) is 1.41. The lowest BCUT2D eigenvalue weighted by Gasteiger charge is -2.25. The molecule has 0 heterocycles. The van der Waals surface area contributed by atoms with E-state index in [4.69, 9.17) is 9.47 Å². The van der Waals surface area contributed by atoms with Gasteiger partial charge in [0.05, 0.1) is 5.54 Å². The molecule has 0 amide bonds. The van der Waals surface area contributed by atoms with Crippen molar-refractivity contribution in [1.29, 1.82) is 0 Å². The van der Waals surface area contributed by atoms with Crippen LogP contribution in [0.2, 0.25) is 0 Å². The van der Waals surface area contributed by atoms with E-state index in [-0.39, 0.29) is 11.8 Å². The topological polar surface area (TPSA) is 30.5 Å². The molecule has 0 bridgehead atoms. The molecule has 0 radical (unpaired) electrons. The Bertz CT molecular complexity index is 128. The smallest absolute Gasteiger partial charge is 0.175 e. The third-order valence-corrected chi connectivity index (χ3v) is 2.37. The van der Waals surface area contributed by atoms with Gasteiger partial charge in [0.15, 0.2) is 6.29 Å². The Hall–Kier alpha value is -0.120. The van der Waals surface area contributed by atoms with E-state index in [0.29, 0.717) is 13.2 Å². The first kappa shape index (κ1) is 9.96. The maximum atomic E-state index is 5.52. The normalized spacial score (nSPS) is 20.0. The molecule has 1 aliphatic rings. The van der Waals surface area contributed by atoms with Gasteiger partial charge in [-0.1, -0.05) is 0 Å². The molecule has 3 nitrogen and oxygen atoms in total. The lowest BCUT2D eigenvalue weighted by molar-refractivity contribution is -0.159. The van der Waals surface area contributed by atoms with E-state index in [1.807, 2.05) is 20.9 Å². The number of ether oxygens (including phenoxy) is 2. The van der Waals surface area contributed by atoms with Gasteiger partial charge in [0.25, 0.3) is 0 Å². The predicted molar refractivity (Wildman–Crippen MR) is 48.1 cm³/mol. The first-order valence-corrected chi connectivity index (χ1v) is 4.71. The minimum absolute atomic E-state index is 0.0579. The third-order valence-electron chi connectivity index (χ3n) is 2.37. The lowest BCUT2D eigenvalue weighted by atomic mass is 10.2. The van der Waals surface area contributed by atoms with E-state index in [1.165, 1.54) is 0 Å². The van der Waals surface area contributed by atoms with Gasteiger partial charge in [-0.05, 0) is 33.7 Å². The number of likely N-dealkylation sites (N-methyl/N-ethyl adjacent to an activating group) is 1. The van der Waals surface area contributed by atoms with Crippen LogP contribution in [-0.4, -0.2) is 32.1 Å². The highest BCUT2D eigenvalue weighted by molar-refractivity contribution is 5.04. The molecule has 0 saturated heterocycles. The molecule has 0 spiro atoms. The van der Waals surface area contributed by atoms with Crippen LogP contribution in [-0.2, 0) is 9.47 Å². The molecule has 72 valence electrons. The number of rotatable bonds is 6. The van der Waals surface area contributed by atoms with Crippen molar-refractivity contribution in [2.45, 2.75) is 38.5 Å². The van der Waals surface area contributed by atoms with Crippen molar-refractivity contribution in [1.82, 2.24) is 5.32 Å². The summed E-state index contributed by atoms with van der Waals surface area (Å²) in [4.78, 5) is 0. The predicted octanol–water partition coefficient (Wildman–Crippen LogP) is 1.14. The van der Waals surface area contributed by atoms with Gasteiger partial charge in [-0.25, -0.2) is 0 Å². The van der Waals surface area contributed by atoms with Crippen LogP contribution in [0.3, 0.4) is 0 Å². The molecule has 0 aromatic rings. The Morgan fingerprint density at radius 2 is 1.75 bits per heavy atom. The van der Waals surface area contributed by atoms with Crippen molar-refractivity contribution in [3.05, 3.63) is 0 Å². The zero-order chi connectivity index (χ0) is 9.03. The van der Waals surface area contributed by atoms with Crippen LogP contribution in [0.4, 0.5) is 0 Å². The molecule has 0 aromatic carbocycles. The van der Waals surface area contributed by atoms with Crippen molar-refractivity contribution in [3.63, 3.8) is 0 Å². The van der Waals surface area contributed by atoms with Gasteiger partial charge in [0, 0.05) is 13.2 Å². The van der Waals surface area contributed by atoms with Crippen molar-refractivity contribution < 1.29 is 9.47 Å². The van der Waals surface area contributed by atoms with Crippen LogP contribution >= 0.6 is 0 Å². The summed E-state index contributed by atoms with van der Waals surface area (Å²) in [6.45, 7) is 5.43. The van der Waals surface area contributed by atoms with Gasteiger partial charge >= 0.3 is 0 Å². The Labute approximate surface area is 74.4 Å². The molecule has 12 heavy (non-hydrogen) atoms. The highest BCUT2D eigenvalue weighted by Gasteiger charge is 2.49. The van der Waals surface area contributed by atoms with Crippen LogP contribution in [0.25, 0.3) is 0 Å². The van der Waals surface area contributed by atoms with E-state index in [9.17, 15) is 0 Å². The van der Waals surface area contributed by atoms with Crippen LogP contribution in [0, 0.1) is 0 Å². The van der Waals surface area contributed by atoms with Crippen LogP contribution < -0.4 is 5.32 Å². The van der Waals surface area contributed by atoms with Crippen LogP contribution in [0.15, 0.2) is 0 Å². The van der Waals surface area contributed by atoms with Gasteiger partial charge in [0.2, 0.25) is 0 Å². The lowest BCUT2D eigenvalue weighted by Crippen LogP contribution is -2.43. The highest BCUT2D eigenvalue weighted by Crippen LogP contribution is 2.40. The molecular weight excluding hydrogens is 154 g/mol. The Morgan fingerprint density at radius 1 is 1.25 bits per heavy atom. The molecule has 1 fully saturated rings. The third kappa shape index (κ3) is 1.97. The Balaban J connectivity index is 2.41. The quantitative estimate of drug-likeness (QED) is 0.611. The van der Waals surface area contributed by atoms with Gasteiger partial charge < -0.3 is 14.8 Å². The summed E-state index contributed by atoms with van der Waals surface area (Å²) in [5.41, 5.74) is 0.117. The van der Waals surface area contributed by atoms with E-state index in [0.717, 1.165) is 12.8 Å². The zero-order valence-corrected chi connectivity index (χ0v) is 8.22. The molecule has 1 N–H and O–H groups in total. The average molecular weight is 173 g/mol. The Kier molecular flexibility index (Phi) is 3.50. The van der Waals surface area contributed by atoms with Crippen molar-refractivity contribution >= 4 is 0 Å². The van der Waals surface area contributed by atoms with Gasteiger partial charge in [-0.15, -0.1) is 0 Å². The second-order valence-corrected chi connectivity index (χ2v) is 3.15. The molecular formula is C9H19NO2. The van der Waals surface area contributed by atoms with Crippen molar-refractivity contribution in [2.75, 3.05) is 20.3 Å². The first-order valence-electron chi connectivity index (χ1n) is 4.71. The summed E-state index contributed by atoms with van der Waals surface area (Å²) in [6.07, 6.45) is 2.26. The monoisotopic (exact) mass is 173 g/mol. The highest BCUT2D eigenvalue weighted by atomic mass is 16.7. The summed E-state index contributed by atoms with van der Waals surface area (Å²) in [7, 11) is 1.97. The maximum Gasteiger partial charge on any atom is 0.175 e.